The smallest absolute Gasteiger partial charge is 0.0462 e. The Kier molecular flexibility index (Phi) is 8.50. The molecule has 1 aliphatic carbocycles. The van der Waals surface area contributed by atoms with Gasteiger partial charge in [0.15, 0.2) is 0 Å². The molecule has 0 aliphatic heterocycles. The Labute approximate surface area is 303 Å². The summed E-state index contributed by atoms with van der Waals surface area (Å²) in [5, 5.41) is 0. The number of aryl methyl sites for hydroxylation is 1. The Morgan fingerprint density at radius 2 is 0.882 bits per heavy atom. The second kappa shape index (κ2) is 13.4. The summed E-state index contributed by atoms with van der Waals surface area (Å²) in [7, 11) is 0. The first-order valence-corrected chi connectivity index (χ1v) is 18.0. The second-order valence-electron chi connectivity index (χ2n) is 14.3. The topological polar surface area (TPSA) is 3.24 Å². The van der Waals surface area contributed by atoms with Crippen LogP contribution in [-0.2, 0) is 5.41 Å². The van der Waals surface area contributed by atoms with E-state index in [4.69, 9.17) is 0 Å². The third-order valence-electron chi connectivity index (χ3n) is 11.0. The molecular formula is C50H43N. The van der Waals surface area contributed by atoms with Crippen molar-refractivity contribution in [2.24, 2.45) is 5.92 Å². The number of nitrogens with zero attached hydrogens (tertiary/aromatic N) is 1. The summed E-state index contributed by atoms with van der Waals surface area (Å²) in [5.41, 5.74) is 16.2. The number of anilines is 3. The molecule has 1 aliphatic rings. The molecule has 0 heterocycles. The minimum atomic E-state index is -0.0331. The molecule has 0 amide bonds. The van der Waals surface area contributed by atoms with Crippen molar-refractivity contribution >= 4 is 17.1 Å². The molecule has 51 heavy (non-hydrogen) atoms. The van der Waals surface area contributed by atoms with Crippen LogP contribution >= 0.6 is 0 Å². The summed E-state index contributed by atoms with van der Waals surface area (Å²) in [5.74, 6) is 0.626. The SMILES string of the molecule is C=CC1C(c2ccccc2C)c2ccc(-c3ccc(N(c4ccc(-c5ccccc5)cc4)c4ccc(-c5ccccc5)cc4)cc3)cc2C1(C)C. The second-order valence-corrected chi connectivity index (χ2v) is 14.3. The third kappa shape index (κ3) is 6.00. The first-order valence-electron chi connectivity index (χ1n) is 18.0. The van der Waals surface area contributed by atoms with Gasteiger partial charge in [0, 0.05) is 23.0 Å². The van der Waals surface area contributed by atoms with Crippen LogP contribution in [-0.4, -0.2) is 0 Å². The lowest BCUT2D eigenvalue weighted by Crippen LogP contribution is -2.24. The van der Waals surface area contributed by atoms with Crippen molar-refractivity contribution in [3.8, 4) is 33.4 Å². The fraction of sp³-hybridized carbons (Fsp3) is 0.120. The highest BCUT2D eigenvalue weighted by Gasteiger charge is 2.45. The van der Waals surface area contributed by atoms with E-state index in [9.17, 15) is 0 Å². The van der Waals surface area contributed by atoms with Crippen LogP contribution in [0.2, 0.25) is 0 Å². The van der Waals surface area contributed by atoms with Crippen LogP contribution in [0.5, 0.6) is 0 Å². The van der Waals surface area contributed by atoms with E-state index in [0.717, 1.165) is 17.1 Å². The van der Waals surface area contributed by atoms with E-state index in [1.54, 1.807) is 0 Å². The Morgan fingerprint density at radius 1 is 0.471 bits per heavy atom. The molecule has 248 valence electrons. The Bertz CT molecular complexity index is 2200. The summed E-state index contributed by atoms with van der Waals surface area (Å²) >= 11 is 0. The molecule has 0 fully saturated rings. The number of fused-ring (bicyclic) bond motifs is 1. The summed E-state index contributed by atoms with van der Waals surface area (Å²) in [4.78, 5) is 2.35. The molecule has 0 saturated carbocycles. The highest BCUT2D eigenvalue weighted by atomic mass is 15.1. The van der Waals surface area contributed by atoms with Crippen molar-refractivity contribution in [3.63, 3.8) is 0 Å². The largest absolute Gasteiger partial charge is 0.311 e. The van der Waals surface area contributed by atoms with Crippen molar-refractivity contribution in [1.29, 1.82) is 0 Å². The monoisotopic (exact) mass is 657 g/mol. The molecular weight excluding hydrogens is 615 g/mol. The van der Waals surface area contributed by atoms with Crippen LogP contribution < -0.4 is 4.90 Å². The van der Waals surface area contributed by atoms with Gasteiger partial charge in [-0.15, -0.1) is 6.58 Å². The van der Waals surface area contributed by atoms with Gasteiger partial charge in [-0.05, 0) is 110 Å². The van der Waals surface area contributed by atoms with Crippen molar-refractivity contribution < 1.29 is 0 Å². The zero-order chi connectivity index (χ0) is 35.0. The molecule has 1 heteroatoms. The minimum Gasteiger partial charge on any atom is -0.311 e. The number of benzene rings is 7. The van der Waals surface area contributed by atoms with E-state index in [-0.39, 0.29) is 5.41 Å². The maximum atomic E-state index is 4.32. The van der Waals surface area contributed by atoms with Gasteiger partial charge in [-0.2, -0.15) is 0 Å². The number of hydrogen-bond acceptors (Lipinski definition) is 1. The van der Waals surface area contributed by atoms with Gasteiger partial charge in [0.05, 0.1) is 0 Å². The lowest BCUT2D eigenvalue weighted by molar-refractivity contribution is 0.392. The van der Waals surface area contributed by atoms with Gasteiger partial charge >= 0.3 is 0 Å². The number of hydrogen-bond donors (Lipinski definition) is 0. The van der Waals surface area contributed by atoms with Crippen LogP contribution in [0, 0.1) is 12.8 Å². The molecule has 7 aromatic carbocycles. The molecule has 0 aromatic heterocycles. The van der Waals surface area contributed by atoms with Crippen LogP contribution in [0.1, 0.15) is 42.0 Å². The molecule has 0 radical (unpaired) electrons. The average Bonchev–Trinajstić information content (AvgIpc) is 3.41. The van der Waals surface area contributed by atoms with E-state index in [0.29, 0.717) is 11.8 Å². The van der Waals surface area contributed by atoms with Gasteiger partial charge in [-0.1, -0.05) is 159 Å². The average molecular weight is 658 g/mol. The molecule has 2 atom stereocenters. The van der Waals surface area contributed by atoms with E-state index < -0.39 is 0 Å². The summed E-state index contributed by atoms with van der Waals surface area (Å²) in [6.45, 7) is 11.3. The fourth-order valence-electron chi connectivity index (χ4n) is 8.20. The van der Waals surface area contributed by atoms with Crippen molar-refractivity contribution in [2.45, 2.75) is 32.1 Å². The predicted octanol–water partition coefficient (Wildman–Crippen LogP) is 13.7. The molecule has 0 spiro atoms. The van der Waals surface area contributed by atoms with E-state index >= 15 is 0 Å². The normalized spacial score (nSPS) is 16.0. The summed E-state index contributed by atoms with van der Waals surface area (Å²) < 4.78 is 0. The van der Waals surface area contributed by atoms with Crippen molar-refractivity contribution in [1.82, 2.24) is 0 Å². The lowest BCUT2D eigenvalue weighted by Gasteiger charge is -2.30. The van der Waals surface area contributed by atoms with Crippen LogP contribution in [0.15, 0.2) is 189 Å². The van der Waals surface area contributed by atoms with Gasteiger partial charge in [-0.25, -0.2) is 0 Å². The summed E-state index contributed by atoms with van der Waals surface area (Å²) in [6.07, 6.45) is 2.18. The van der Waals surface area contributed by atoms with Crippen LogP contribution in [0.25, 0.3) is 33.4 Å². The zero-order valence-electron chi connectivity index (χ0n) is 29.6. The van der Waals surface area contributed by atoms with Gasteiger partial charge in [-0.3, -0.25) is 0 Å². The van der Waals surface area contributed by atoms with Crippen LogP contribution in [0.3, 0.4) is 0 Å². The van der Waals surface area contributed by atoms with Crippen molar-refractivity contribution in [2.75, 3.05) is 4.90 Å². The standard InChI is InChI=1S/C50H43N/c1-5-47-49(45-19-13-12-14-35(45)2)46-33-26-41(34-48(46)50(47,3)4)40-24-31-44(32-25-40)51(42-27-20-38(21-28-42)36-15-8-6-9-16-36)43-29-22-39(23-30-43)37-17-10-7-11-18-37/h5-34,47,49H,1H2,2-4H3. The number of allylic oxidation sites excluding steroid dienone is 1. The fourth-order valence-corrected chi connectivity index (χ4v) is 8.20. The quantitative estimate of drug-likeness (QED) is 0.147. The van der Waals surface area contributed by atoms with Crippen molar-refractivity contribution in [3.05, 3.63) is 211 Å². The van der Waals surface area contributed by atoms with Gasteiger partial charge in [0.25, 0.3) is 0 Å². The van der Waals surface area contributed by atoms with E-state index in [1.807, 2.05) is 0 Å². The first-order chi connectivity index (χ1) is 24.9. The van der Waals surface area contributed by atoms with Gasteiger partial charge in [0.1, 0.15) is 0 Å². The molecule has 0 N–H and O–H groups in total. The zero-order valence-corrected chi connectivity index (χ0v) is 29.6. The minimum absolute atomic E-state index is 0.0331. The molecule has 0 bridgehead atoms. The molecule has 7 aromatic rings. The Balaban J connectivity index is 1.16. The Morgan fingerprint density at radius 3 is 1.35 bits per heavy atom. The highest BCUT2D eigenvalue weighted by Crippen LogP contribution is 2.55. The third-order valence-corrected chi connectivity index (χ3v) is 11.0. The lowest BCUT2D eigenvalue weighted by atomic mass is 9.73. The molecule has 0 saturated heterocycles. The predicted molar refractivity (Wildman–Crippen MR) is 217 cm³/mol. The molecule has 1 nitrogen and oxygen atoms in total. The van der Waals surface area contributed by atoms with E-state index in [2.05, 4.69) is 214 Å². The molecule has 2 unspecified atom stereocenters. The van der Waals surface area contributed by atoms with Crippen LogP contribution in [0.4, 0.5) is 17.1 Å². The molecule has 8 rings (SSSR count). The van der Waals surface area contributed by atoms with E-state index in [1.165, 1.54) is 55.6 Å². The van der Waals surface area contributed by atoms with Gasteiger partial charge < -0.3 is 4.90 Å². The summed E-state index contributed by atoms with van der Waals surface area (Å²) in [6, 6.07) is 63.9. The number of rotatable bonds is 8. The first kappa shape index (κ1) is 32.3. The van der Waals surface area contributed by atoms with Gasteiger partial charge in [0.2, 0.25) is 0 Å². The Hall–Kier alpha value is -5.92. The highest BCUT2D eigenvalue weighted by molar-refractivity contribution is 5.81. The maximum absolute atomic E-state index is 4.32. The maximum Gasteiger partial charge on any atom is 0.0462 e.